The highest BCUT2D eigenvalue weighted by Crippen LogP contribution is 2.32. The summed E-state index contributed by atoms with van der Waals surface area (Å²) in [5.41, 5.74) is 7.15. The highest BCUT2D eigenvalue weighted by molar-refractivity contribution is 7.09. The van der Waals surface area contributed by atoms with Gasteiger partial charge in [0.25, 0.3) is 0 Å². The Labute approximate surface area is 114 Å². The third-order valence-electron chi connectivity index (χ3n) is 2.92. The van der Waals surface area contributed by atoms with Crippen LogP contribution in [-0.4, -0.2) is 22.1 Å². The van der Waals surface area contributed by atoms with Crippen LogP contribution in [0, 0.1) is 0 Å². The van der Waals surface area contributed by atoms with Crippen LogP contribution in [0.15, 0.2) is 24.3 Å². The van der Waals surface area contributed by atoms with Gasteiger partial charge in [0.15, 0.2) is 0 Å². The molecule has 1 aliphatic rings. The quantitative estimate of drug-likeness (QED) is 0.897. The molecule has 7 heteroatoms. The fraction of sp³-hybridized carbons (Fsp3) is 0.250. The fourth-order valence-corrected chi connectivity index (χ4v) is 2.41. The van der Waals surface area contributed by atoms with Crippen molar-refractivity contribution in [2.24, 2.45) is 0 Å². The van der Waals surface area contributed by atoms with Crippen molar-refractivity contribution in [1.82, 2.24) is 9.59 Å². The Morgan fingerprint density at radius 1 is 1.42 bits per heavy atom. The van der Waals surface area contributed by atoms with Crippen LogP contribution in [0.25, 0.3) is 0 Å². The van der Waals surface area contributed by atoms with E-state index < -0.39 is 0 Å². The topological polar surface area (TPSA) is 81.3 Å². The summed E-state index contributed by atoms with van der Waals surface area (Å²) in [4.78, 5) is 13.8. The molecule has 0 bridgehead atoms. The maximum absolute atomic E-state index is 12.2. The normalized spacial score (nSPS) is 14.7. The summed E-state index contributed by atoms with van der Waals surface area (Å²) in [5, 5.41) is 4.49. The number of hydrogen-bond acceptors (Lipinski definition) is 6. The van der Waals surface area contributed by atoms with Gasteiger partial charge in [-0.1, -0.05) is 16.6 Å². The third-order valence-corrected chi connectivity index (χ3v) is 3.52. The molecule has 0 atom stereocenters. The minimum atomic E-state index is -0.00245. The van der Waals surface area contributed by atoms with E-state index in [4.69, 9.17) is 10.5 Å². The molecule has 0 spiro atoms. The number of rotatable bonds is 2. The maximum Gasteiger partial charge on any atom is 0.230 e. The monoisotopic (exact) mass is 276 g/mol. The van der Waals surface area contributed by atoms with Crippen molar-refractivity contribution >= 4 is 28.1 Å². The molecule has 0 radical (unpaired) electrons. The Morgan fingerprint density at radius 3 is 3.05 bits per heavy atom. The first kappa shape index (κ1) is 11.9. The smallest absolute Gasteiger partial charge is 0.230 e. The van der Waals surface area contributed by atoms with Gasteiger partial charge in [-0.05, 0) is 12.1 Å². The summed E-state index contributed by atoms with van der Waals surface area (Å²) in [6.45, 7) is 0.707. The van der Waals surface area contributed by atoms with Crippen LogP contribution in [-0.2, 0) is 11.3 Å². The number of anilines is 2. The lowest BCUT2D eigenvalue weighted by molar-refractivity contribution is -0.118. The van der Waals surface area contributed by atoms with Crippen LogP contribution in [0.3, 0.4) is 0 Å². The van der Waals surface area contributed by atoms with Crippen molar-refractivity contribution in [3.05, 3.63) is 30.0 Å². The molecule has 0 aliphatic carbocycles. The Kier molecular flexibility index (Phi) is 3.04. The summed E-state index contributed by atoms with van der Waals surface area (Å²) in [6, 6.07) is 7.46. The molecular formula is C12H12N4O2S. The molecule has 1 amide bonds. The van der Waals surface area contributed by atoms with Gasteiger partial charge in [-0.3, -0.25) is 4.79 Å². The molecule has 1 aromatic carbocycles. The van der Waals surface area contributed by atoms with Gasteiger partial charge in [0.2, 0.25) is 5.91 Å². The second kappa shape index (κ2) is 4.85. The van der Waals surface area contributed by atoms with Gasteiger partial charge in [0.1, 0.15) is 16.4 Å². The van der Waals surface area contributed by atoms with E-state index >= 15 is 0 Å². The summed E-state index contributed by atoms with van der Waals surface area (Å²) in [6.07, 6.45) is 0.339. The first-order chi connectivity index (χ1) is 9.25. The van der Waals surface area contributed by atoms with E-state index in [2.05, 4.69) is 9.59 Å². The van der Waals surface area contributed by atoms with E-state index in [0.717, 1.165) is 17.2 Å². The highest BCUT2D eigenvalue weighted by atomic mass is 32.1. The van der Waals surface area contributed by atoms with Crippen molar-refractivity contribution in [2.75, 3.05) is 17.2 Å². The molecule has 0 saturated carbocycles. The van der Waals surface area contributed by atoms with Gasteiger partial charge in [-0.2, -0.15) is 0 Å². The molecule has 0 saturated heterocycles. The Balaban J connectivity index is 1.98. The van der Waals surface area contributed by atoms with E-state index in [0.29, 0.717) is 36.0 Å². The number of amides is 1. The number of nitrogen functional groups attached to an aromatic ring is 1. The molecule has 2 heterocycles. The van der Waals surface area contributed by atoms with Crippen molar-refractivity contribution in [3.63, 3.8) is 0 Å². The van der Waals surface area contributed by atoms with E-state index in [1.54, 1.807) is 4.90 Å². The zero-order valence-corrected chi connectivity index (χ0v) is 10.9. The summed E-state index contributed by atoms with van der Waals surface area (Å²) >= 11 is 1.13. The van der Waals surface area contributed by atoms with Crippen molar-refractivity contribution in [3.8, 4) is 5.75 Å². The van der Waals surface area contributed by atoms with Gasteiger partial charge in [0, 0.05) is 11.5 Å². The lowest BCUT2D eigenvalue weighted by atomic mass is 10.2. The predicted octanol–water partition coefficient (Wildman–Crippen LogP) is 1.44. The number of para-hydroxylation sites is 2. The Morgan fingerprint density at radius 2 is 2.26 bits per heavy atom. The van der Waals surface area contributed by atoms with Gasteiger partial charge >= 0.3 is 0 Å². The van der Waals surface area contributed by atoms with E-state index in [-0.39, 0.29) is 5.91 Å². The SMILES string of the molecule is Nc1snnc1CN1C(=O)CCOc2ccccc21. The van der Waals surface area contributed by atoms with Crippen LogP contribution >= 0.6 is 11.5 Å². The average Bonchev–Trinajstić information content (AvgIpc) is 2.74. The molecule has 19 heavy (non-hydrogen) atoms. The second-order valence-electron chi connectivity index (χ2n) is 4.13. The molecule has 3 rings (SSSR count). The number of hydrogen-bond donors (Lipinski definition) is 1. The van der Waals surface area contributed by atoms with Gasteiger partial charge < -0.3 is 15.4 Å². The number of aromatic nitrogens is 2. The minimum Gasteiger partial charge on any atom is -0.491 e. The van der Waals surface area contributed by atoms with Crippen LogP contribution in [0.2, 0.25) is 0 Å². The first-order valence-electron chi connectivity index (χ1n) is 5.84. The van der Waals surface area contributed by atoms with Crippen LogP contribution in [0.4, 0.5) is 10.7 Å². The predicted molar refractivity (Wildman–Crippen MR) is 72.1 cm³/mol. The maximum atomic E-state index is 12.2. The van der Waals surface area contributed by atoms with Gasteiger partial charge in [-0.15, -0.1) is 5.10 Å². The molecule has 98 valence electrons. The lowest BCUT2D eigenvalue weighted by Crippen LogP contribution is -2.30. The zero-order chi connectivity index (χ0) is 13.2. The summed E-state index contributed by atoms with van der Waals surface area (Å²) < 4.78 is 9.36. The van der Waals surface area contributed by atoms with Crippen LogP contribution < -0.4 is 15.4 Å². The van der Waals surface area contributed by atoms with Crippen molar-refractivity contribution in [1.29, 1.82) is 0 Å². The number of ether oxygens (including phenoxy) is 1. The van der Waals surface area contributed by atoms with Gasteiger partial charge in [0.05, 0.1) is 25.3 Å². The van der Waals surface area contributed by atoms with Crippen LogP contribution in [0.5, 0.6) is 5.75 Å². The van der Waals surface area contributed by atoms with E-state index in [1.807, 2.05) is 24.3 Å². The highest BCUT2D eigenvalue weighted by Gasteiger charge is 2.24. The molecule has 2 N–H and O–H groups in total. The zero-order valence-electron chi connectivity index (χ0n) is 10.1. The summed E-state index contributed by atoms with van der Waals surface area (Å²) in [5.74, 6) is 0.701. The first-order valence-corrected chi connectivity index (χ1v) is 6.62. The van der Waals surface area contributed by atoms with Crippen molar-refractivity contribution < 1.29 is 9.53 Å². The Hall–Kier alpha value is -2.15. The number of carbonyl (C=O) groups is 1. The molecule has 1 aromatic heterocycles. The van der Waals surface area contributed by atoms with E-state index in [1.165, 1.54) is 0 Å². The minimum absolute atomic E-state index is 0.00245. The Bertz CT molecular complexity index is 613. The largest absolute Gasteiger partial charge is 0.491 e. The standard InChI is InChI=1S/C12H12N4O2S/c13-12-8(14-15-19-12)7-16-9-3-1-2-4-10(9)18-6-5-11(16)17/h1-4H,5-7,13H2. The molecule has 0 unspecified atom stereocenters. The van der Waals surface area contributed by atoms with Crippen molar-refractivity contribution in [2.45, 2.75) is 13.0 Å². The lowest BCUT2D eigenvalue weighted by Gasteiger charge is -2.20. The number of benzene rings is 1. The number of fused-ring (bicyclic) bond motifs is 1. The molecular weight excluding hydrogens is 264 g/mol. The molecule has 6 nitrogen and oxygen atoms in total. The molecule has 1 aliphatic heterocycles. The molecule has 2 aromatic rings. The van der Waals surface area contributed by atoms with Crippen LogP contribution in [0.1, 0.15) is 12.1 Å². The average molecular weight is 276 g/mol. The number of nitrogens with two attached hydrogens (primary N) is 1. The van der Waals surface area contributed by atoms with E-state index in [9.17, 15) is 4.79 Å². The summed E-state index contributed by atoms with van der Waals surface area (Å²) in [7, 11) is 0. The number of carbonyl (C=O) groups excluding carboxylic acids is 1. The third kappa shape index (κ3) is 2.24. The number of nitrogens with zero attached hydrogens (tertiary/aromatic N) is 3. The second-order valence-corrected chi connectivity index (χ2v) is 4.92. The van der Waals surface area contributed by atoms with Gasteiger partial charge in [-0.25, -0.2) is 0 Å². The fourth-order valence-electron chi connectivity index (χ4n) is 1.97. The molecule has 0 fully saturated rings.